The fraction of sp³-hybridized carbons (Fsp3) is 0.222. The monoisotopic (exact) mass is 377 g/mol. The van der Waals surface area contributed by atoms with Crippen molar-refractivity contribution in [3.8, 4) is 5.75 Å². The minimum absolute atomic E-state index is 0.00221. The van der Waals surface area contributed by atoms with Crippen LogP contribution in [0.3, 0.4) is 0 Å². The Morgan fingerprint density at radius 1 is 1.30 bits per heavy atom. The number of halogens is 3. The molecule has 2 aromatic heterocycles. The van der Waals surface area contributed by atoms with Gasteiger partial charge in [0.1, 0.15) is 11.3 Å². The van der Waals surface area contributed by atoms with Crippen molar-refractivity contribution in [1.82, 2.24) is 9.61 Å². The maximum atomic E-state index is 14.2. The van der Waals surface area contributed by atoms with Crippen molar-refractivity contribution < 1.29 is 27.8 Å². The number of ether oxygens (including phenoxy) is 1. The molecule has 4 rings (SSSR count). The zero-order valence-electron chi connectivity index (χ0n) is 13.8. The summed E-state index contributed by atoms with van der Waals surface area (Å²) in [5.41, 5.74) is 1.20. The third-order valence-corrected chi connectivity index (χ3v) is 4.50. The summed E-state index contributed by atoms with van der Waals surface area (Å²) in [6, 6.07) is 8.00. The fourth-order valence-electron chi connectivity index (χ4n) is 3.40. The highest BCUT2D eigenvalue weighted by molar-refractivity contribution is 5.72. The number of anilines is 1. The van der Waals surface area contributed by atoms with E-state index in [-0.39, 0.29) is 5.75 Å². The number of alkyl halides is 2. The van der Waals surface area contributed by atoms with E-state index in [2.05, 4.69) is 9.84 Å². The first-order valence-corrected chi connectivity index (χ1v) is 8.10. The average molecular weight is 377 g/mol. The summed E-state index contributed by atoms with van der Waals surface area (Å²) in [4.78, 5) is 12.3. The van der Waals surface area contributed by atoms with Crippen LogP contribution in [-0.4, -0.2) is 33.3 Å². The zero-order valence-corrected chi connectivity index (χ0v) is 13.8. The second kappa shape index (κ2) is 6.19. The van der Waals surface area contributed by atoms with Gasteiger partial charge in [0, 0.05) is 18.3 Å². The van der Waals surface area contributed by atoms with E-state index in [9.17, 15) is 18.0 Å². The lowest BCUT2D eigenvalue weighted by Gasteiger charge is -2.26. The van der Waals surface area contributed by atoms with E-state index in [1.807, 2.05) is 0 Å². The number of fused-ring (bicyclic) bond motifs is 1. The largest absolute Gasteiger partial charge is 0.511 e. The molecule has 0 bridgehead atoms. The topological polar surface area (TPSA) is 67.1 Å². The molecule has 0 amide bonds. The first-order valence-electron chi connectivity index (χ1n) is 8.10. The predicted molar refractivity (Wildman–Crippen MR) is 89.9 cm³/mol. The Bertz CT molecular complexity index is 1020. The van der Waals surface area contributed by atoms with Crippen LogP contribution in [0.15, 0.2) is 48.8 Å². The Morgan fingerprint density at radius 2 is 2.11 bits per heavy atom. The van der Waals surface area contributed by atoms with Gasteiger partial charge in [-0.3, -0.25) is 0 Å². The highest BCUT2D eigenvalue weighted by Gasteiger charge is 2.45. The molecule has 1 aliphatic rings. The quantitative estimate of drug-likeness (QED) is 0.696. The van der Waals surface area contributed by atoms with Crippen molar-refractivity contribution in [3.63, 3.8) is 0 Å². The molecule has 1 aliphatic heterocycles. The molecule has 0 radical (unpaired) electrons. The Balaban J connectivity index is 1.76. The average Bonchev–Trinajstić information content (AvgIpc) is 3.14. The van der Waals surface area contributed by atoms with Gasteiger partial charge in [-0.2, -0.15) is 5.10 Å². The van der Waals surface area contributed by atoms with Gasteiger partial charge in [0.05, 0.1) is 18.8 Å². The van der Waals surface area contributed by atoms with Crippen LogP contribution in [-0.2, 0) is 0 Å². The van der Waals surface area contributed by atoms with E-state index < -0.39 is 36.9 Å². The summed E-state index contributed by atoms with van der Waals surface area (Å²) in [5.74, 6) is -3.44. The number of hydrogen-bond acceptors (Lipinski definition) is 4. The van der Waals surface area contributed by atoms with E-state index in [0.717, 1.165) is 0 Å². The van der Waals surface area contributed by atoms with Gasteiger partial charge in [0.2, 0.25) is 0 Å². The zero-order chi connectivity index (χ0) is 19.2. The number of pyridine rings is 1. The minimum Gasteiger partial charge on any atom is -0.449 e. The normalized spacial score (nSPS) is 18.8. The molecule has 1 N–H and O–H groups in total. The third-order valence-electron chi connectivity index (χ3n) is 4.50. The van der Waals surface area contributed by atoms with Crippen molar-refractivity contribution in [1.29, 1.82) is 0 Å². The van der Waals surface area contributed by atoms with Gasteiger partial charge in [0.25, 0.3) is 5.92 Å². The maximum absolute atomic E-state index is 14.2. The number of carbonyl (C=O) groups is 1. The predicted octanol–water partition coefficient (Wildman–Crippen LogP) is 4.12. The van der Waals surface area contributed by atoms with Crippen LogP contribution in [0, 0.1) is 5.82 Å². The molecule has 1 atom stereocenters. The highest BCUT2D eigenvalue weighted by Crippen LogP contribution is 2.44. The number of aromatic nitrogens is 2. The summed E-state index contributed by atoms with van der Waals surface area (Å²) in [7, 11) is 0. The fourth-order valence-corrected chi connectivity index (χ4v) is 3.40. The molecular formula is C18H14F3N3O3. The number of benzene rings is 1. The SMILES string of the molecule is O=C(O)Oc1cnn2ccc(N3CC(F)(F)C[C@@H]3c3cccc(F)c3)cc12. The Hall–Kier alpha value is -3.23. The minimum atomic E-state index is -2.94. The first-order chi connectivity index (χ1) is 12.8. The van der Waals surface area contributed by atoms with Crippen LogP contribution in [0.4, 0.5) is 23.7 Å². The lowest BCUT2D eigenvalue weighted by Crippen LogP contribution is -2.26. The first kappa shape index (κ1) is 17.2. The molecule has 1 aromatic carbocycles. The van der Waals surface area contributed by atoms with Crippen LogP contribution in [0.2, 0.25) is 0 Å². The molecule has 6 nitrogen and oxygen atoms in total. The lowest BCUT2D eigenvalue weighted by atomic mass is 10.0. The molecule has 1 fully saturated rings. The molecule has 1 saturated heterocycles. The second-order valence-electron chi connectivity index (χ2n) is 6.35. The maximum Gasteiger partial charge on any atom is 0.511 e. The van der Waals surface area contributed by atoms with Gasteiger partial charge >= 0.3 is 6.16 Å². The van der Waals surface area contributed by atoms with Gasteiger partial charge < -0.3 is 14.7 Å². The molecule has 0 saturated carbocycles. The van der Waals surface area contributed by atoms with E-state index >= 15 is 0 Å². The molecule has 9 heteroatoms. The number of rotatable bonds is 3. The van der Waals surface area contributed by atoms with Crippen LogP contribution >= 0.6 is 0 Å². The van der Waals surface area contributed by atoms with Crippen LogP contribution in [0.1, 0.15) is 18.0 Å². The van der Waals surface area contributed by atoms with Gasteiger partial charge in [0.15, 0.2) is 5.75 Å². The van der Waals surface area contributed by atoms with Crippen LogP contribution in [0.25, 0.3) is 5.52 Å². The van der Waals surface area contributed by atoms with Crippen molar-refractivity contribution in [2.45, 2.75) is 18.4 Å². The Labute approximate surface area is 151 Å². The van der Waals surface area contributed by atoms with Gasteiger partial charge in [-0.15, -0.1) is 0 Å². The molecule has 27 heavy (non-hydrogen) atoms. The van der Waals surface area contributed by atoms with Crippen molar-refractivity contribution in [2.24, 2.45) is 0 Å². The number of hydrogen-bond donors (Lipinski definition) is 1. The standard InChI is InChI=1S/C18H14F3N3O3/c19-12-3-1-2-11(6-12)15-8-18(20,21)10-23(15)13-4-5-24-14(7-13)16(9-22-24)27-17(25)26/h1-7,9,15H,8,10H2,(H,25,26)/t15-/m1/s1. The van der Waals surface area contributed by atoms with E-state index in [1.54, 1.807) is 12.1 Å². The molecule has 3 aromatic rings. The van der Waals surface area contributed by atoms with E-state index in [1.165, 1.54) is 46.1 Å². The van der Waals surface area contributed by atoms with Crippen molar-refractivity contribution in [3.05, 3.63) is 60.2 Å². The molecule has 0 spiro atoms. The molecule has 0 aliphatic carbocycles. The smallest absolute Gasteiger partial charge is 0.449 e. The van der Waals surface area contributed by atoms with E-state index in [4.69, 9.17) is 5.11 Å². The van der Waals surface area contributed by atoms with Crippen LogP contribution in [0.5, 0.6) is 5.75 Å². The summed E-state index contributed by atoms with van der Waals surface area (Å²) in [6.45, 7) is -0.534. The van der Waals surface area contributed by atoms with Gasteiger partial charge in [-0.25, -0.2) is 22.5 Å². The summed E-state index contributed by atoms with van der Waals surface area (Å²) < 4.78 is 48.0. The summed E-state index contributed by atoms with van der Waals surface area (Å²) in [5, 5.41) is 12.8. The van der Waals surface area contributed by atoms with Gasteiger partial charge in [-0.05, 0) is 29.8 Å². The third kappa shape index (κ3) is 3.27. The van der Waals surface area contributed by atoms with Crippen molar-refractivity contribution >= 4 is 17.4 Å². The van der Waals surface area contributed by atoms with Gasteiger partial charge in [-0.1, -0.05) is 12.1 Å². The molecule has 140 valence electrons. The molecular weight excluding hydrogens is 363 g/mol. The molecule has 3 heterocycles. The van der Waals surface area contributed by atoms with Crippen LogP contribution < -0.4 is 9.64 Å². The second-order valence-corrected chi connectivity index (χ2v) is 6.35. The van der Waals surface area contributed by atoms with E-state index in [0.29, 0.717) is 16.8 Å². The Kier molecular flexibility index (Phi) is 3.94. The summed E-state index contributed by atoms with van der Waals surface area (Å²) in [6.07, 6.45) is 0.814. The number of nitrogens with zero attached hydrogens (tertiary/aromatic N) is 3. The lowest BCUT2D eigenvalue weighted by molar-refractivity contribution is 0.0223. The highest BCUT2D eigenvalue weighted by atomic mass is 19.3. The summed E-state index contributed by atoms with van der Waals surface area (Å²) >= 11 is 0. The Morgan fingerprint density at radius 3 is 2.85 bits per heavy atom. The molecule has 0 unspecified atom stereocenters. The number of carboxylic acid groups (broad SMARTS) is 1. The van der Waals surface area contributed by atoms with Crippen molar-refractivity contribution in [2.75, 3.05) is 11.4 Å².